The molecule has 1 aromatic rings. The van der Waals surface area contributed by atoms with Gasteiger partial charge in [0, 0.05) is 18.8 Å². The van der Waals surface area contributed by atoms with Crippen molar-refractivity contribution in [3.8, 4) is 0 Å². The molecule has 0 fully saturated rings. The van der Waals surface area contributed by atoms with Gasteiger partial charge in [0.05, 0.1) is 12.2 Å². The Labute approximate surface area is 120 Å². The molecule has 1 rings (SSSR count). The van der Waals surface area contributed by atoms with Gasteiger partial charge in [0.1, 0.15) is 0 Å². The van der Waals surface area contributed by atoms with E-state index in [4.69, 9.17) is 0 Å². The van der Waals surface area contributed by atoms with Gasteiger partial charge in [-0.15, -0.1) is 24.0 Å². The third-order valence-corrected chi connectivity index (χ3v) is 2.03. The predicted octanol–water partition coefficient (Wildman–Crippen LogP) is 2.08. The van der Waals surface area contributed by atoms with Crippen LogP contribution in [0.15, 0.2) is 23.2 Å². The molecule has 0 amide bonds. The van der Waals surface area contributed by atoms with Gasteiger partial charge in [0.15, 0.2) is 5.96 Å². The second-order valence-electron chi connectivity index (χ2n) is 3.50. The molecule has 0 radical (unpaired) electrons. The van der Waals surface area contributed by atoms with Gasteiger partial charge in [0.2, 0.25) is 0 Å². The Morgan fingerprint density at radius 2 is 1.88 bits per heavy atom. The second-order valence-corrected chi connectivity index (χ2v) is 3.50. The fourth-order valence-electron chi connectivity index (χ4n) is 1.36. The van der Waals surface area contributed by atoms with Crippen LogP contribution < -0.4 is 10.6 Å². The highest BCUT2D eigenvalue weighted by molar-refractivity contribution is 14.0. The number of aryl methyl sites for hydroxylation is 1. The molecule has 0 saturated carbocycles. The fourth-order valence-corrected chi connectivity index (χ4v) is 1.36. The van der Waals surface area contributed by atoms with E-state index in [9.17, 15) is 0 Å². The van der Waals surface area contributed by atoms with Crippen molar-refractivity contribution in [1.29, 1.82) is 0 Å². The number of nitrogens with one attached hydrogen (secondary N) is 2. The predicted molar refractivity (Wildman–Crippen MR) is 82.9 cm³/mol. The SMILES string of the molecule is CCNC(=NCc1cccc(C)n1)NCC.I. The maximum atomic E-state index is 4.45. The zero-order valence-electron chi connectivity index (χ0n) is 10.7. The van der Waals surface area contributed by atoms with E-state index < -0.39 is 0 Å². The van der Waals surface area contributed by atoms with E-state index in [1.807, 2.05) is 25.1 Å². The monoisotopic (exact) mass is 348 g/mol. The molecule has 17 heavy (non-hydrogen) atoms. The Morgan fingerprint density at radius 3 is 2.41 bits per heavy atom. The number of hydrogen-bond acceptors (Lipinski definition) is 2. The summed E-state index contributed by atoms with van der Waals surface area (Å²) in [5.74, 6) is 0.841. The smallest absolute Gasteiger partial charge is 0.191 e. The number of hydrogen-bond donors (Lipinski definition) is 2. The lowest BCUT2D eigenvalue weighted by atomic mass is 10.3. The van der Waals surface area contributed by atoms with Crippen molar-refractivity contribution < 1.29 is 0 Å². The molecule has 0 aliphatic rings. The maximum absolute atomic E-state index is 4.45. The molecule has 0 aliphatic carbocycles. The first-order valence-corrected chi connectivity index (χ1v) is 5.71. The van der Waals surface area contributed by atoms with Crippen molar-refractivity contribution in [1.82, 2.24) is 15.6 Å². The van der Waals surface area contributed by atoms with Crippen LogP contribution in [0.25, 0.3) is 0 Å². The standard InChI is InChI=1S/C12H20N4.HI/c1-4-13-12(14-5-2)15-9-11-8-6-7-10(3)16-11;/h6-8H,4-5,9H2,1-3H3,(H2,13,14,15);1H. The van der Waals surface area contributed by atoms with E-state index in [-0.39, 0.29) is 24.0 Å². The minimum absolute atomic E-state index is 0. The van der Waals surface area contributed by atoms with Gasteiger partial charge in [-0.3, -0.25) is 4.98 Å². The van der Waals surface area contributed by atoms with Crippen LogP contribution in [0.2, 0.25) is 0 Å². The average Bonchev–Trinajstić information content (AvgIpc) is 2.27. The molecular weight excluding hydrogens is 327 g/mol. The van der Waals surface area contributed by atoms with Gasteiger partial charge in [-0.2, -0.15) is 0 Å². The first kappa shape index (κ1) is 16.1. The number of nitrogens with zero attached hydrogens (tertiary/aromatic N) is 2. The Balaban J connectivity index is 0.00000256. The van der Waals surface area contributed by atoms with Crippen LogP contribution in [0.5, 0.6) is 0 Å². The minimum Gasteiger partial charge on any atom is -0.357 e. The molecule has 0 aliphatic heterocycles. The summed E-state index contributed by atoms with van der Waals surface area (Å²) in [6.07, 6.45) is 0. The summed E-state index contributed by atoms with van der Waals surface area (Å²) in [6, 6.07) is 5.99. The molecule has 2 N–H and O–H groups in total. The summed E-state index contributed by atoms with van der Waals surface area (Å²) in [5.41, 5.74) is 2.02. The average molecular weight is 348 g/mol. The zero-order chi connectivity index (χ0) is 11.8. The molecule has 0 spiro atoms. The second kappa shape index (κ2) is 9.21. The van der Waals surface area contributed by atoms with Crippen molar-refractivity contribution in [3.63, 3.8) is 0 Å². The number of aromatic nitrogens is 1. The fraction of sp³-hybridized carbons (Fsp3) is 0.500. The number of aliphatic imine (C=N–C) groups is 1. The molecule has 0 saturated heterocycles. The summed E-state index contributed by atoms with van der Waals surface area (Å²) in [7, 11) is 0. The van der Waals surface area contributed by atoms with Crippen LogP contribution >= 0.6 is 24.0 Å². The number of guanidine groups is 1. The molecule has 1 aromatic heterocycles. The summed E-state index contributed by atoms with van der Waals surface area (Å²) in [5, 5.41) is 6.36. The number of pyridine rings is 1. The van der Waals surface area contributed by atoms with E-state index in [2.05, 4.69) is 34.5 Å². The zero-order valence-corrected chi connectivity index (χ0v) is 13.0. The molecule has 5 heteroatoms. The number of rotatable bonds is 4. The van der Waals surface area contributed by atoms with Crippen molar-refractivity contribution in [2.75, 3.05) is 13.1 Å². The largest absolute Gasteiger partial charge is 0.357 e. The van der Waals surface area contributed by atoms with Crippen LogP contribution in [-0.4, -0.2) is 24.0 Å². The van der Waals surface area contributed by atoms with Crippen LogP contribution in [0.3, 0.4) is 0 Å². The highest BCUT2D eigenvalue weighted by Crippen LogP contribution is 1.99. The highest BCUT2D eigenvalue weighted by Gasteiger charge is 1.96. The highest BCUT2D eigenvalue weighted by atomic mass is 127. The van der Waals surface area contributed by atoms with Crippen molar-refractivity contribution in [3.05, 3.63) is 29.6 Å². The van der Waals surface area contributed by atoms with Crippen LogP contribution in [-0.2, 0) is 6.54 Å². The molecule has 0 bridgehead atoms. The lowest BCUT2D eigenvalue weighted by molar-refractivity contribution is 0.832. The van der Waals surface area contributed by atoms with Crippen LogP contribution in [0, 0.1) is 6.92 Å². The first-order chi connectivity index (χ1) is 7.76. The van der Waals surface area contributed by atoms with Gasteiger partial charge in [-0.05, 0) is 32.9 Å². The molecule has 4 nitrogen and oxygen atoms in total. The molecular formula is C12H21IN4. The summed E-state index contributed by atoms with van der Waals surface area (Å²) in [6.45, 7) is 8.44. The van der Waals surface area contributed by atoms with Crippen molar-refractivity contribution in [2.45, 2.75) is 27.3 Å². The van der Waals surface area contributed by atoms with Gasteiger partial charge in [-0.1, -0.05) is 6.07 Å². The normalized spacial score (nSPS) is 9.12. The summed E-state index contributed by atoms with van der Waals surface area (Å²) in [4.78, 5) is 8.85. The van der Waals surface area contributed by atoms with Gasteiger partial charge in [0.25, 0.3) is 0 Å². The quantitative estimate of drug-likeness (QED) is 0.498. The topological polar surface area (TPSA) is 49.3 Å². The third kappa shape index (κ3) is 6.45. The van der Waals surface area contributed by atoms with Gasteiger partial charge in [-0.25, -0.2) is 4.99 Å². The first-order valence-electron chi connectivity index (χ1n) is 5.71. The summed E-state index contributed by atoms with van der Waals surface area (Å²) < 4.78 is 0. The number of halogens is 1. The van der Waals surface area contributed by atoms with Crippen molar-refractivity contribution >= 4 is 29.9 Å². The Morgan fingerprint density at radius 1 is 1.24 bits per heavy atom. The van der Waals surface area contributed by atoms with E-state index in [0.29, 0.717) is 6.54 Å². The van der Waals surface area contributed by atoms with E-state index in [1.165, 1.54) is 0 Å². The van der Waals surface area contributed by atoms with E-state index in [1.54, 1.807) is 0 Å². The van der Waals surface area contributed by atoms with E-state index >= 15 is 0 Å². The van der Waals surface area contributed by atoms with Gasteiger partial charge >= 0.3 is 0 Å². The summed E-state index contributed by atoms with van der Waals surface area (Å²) >= 11 is 0. The third-order valence-electron chi connectivity index (χ3n) is 2.03. The minimum atomic E-state index is 0. The van der Waals surface area contributed by atoms with E-state index in [0.717, 1.165) is 30.4 Å². The molecule has 0 atom stereocenters. The lowest BCUT2D eigenvalue weighted by Gasteiger charge is -2.08. The molecule has 96 valence electrons. The Hall–Kier alpha value is -0.850. The van der Waals surface area contributed by atoms with Gasteiger partial charge < -0.3 is 10.6 Å². The molecule has 1 heterocycles. The van der Waals surface area contributed by atoms with Crippen LogP contribution in [0.1, 0.15) is 25.2 Å². The molecule has 0 aromatic carbocycles. The maximum Gasteiger partial charge on any atom is 0.191 e. The Kier molecular flexibility index (Phi) is 8.75. The van der Waals surface area contributed by atoms with Crippen molar-refractivity contribution in [2.24, 2.45) is 4.99 Å². The molecule has 0 unspecified atom stereocenters. The van der Waals surface area contributed by atoms with Crippen LogP contribution in [0.4, 0.5) is 0 Å². The lowest BCUT2D eigenvalue weighted by Crippen LogP contribution is -2.37. The Bertz CT molecular complexity index is 344.